The third-order valence-corrected chi connectivity index (χ3v) is 4.23. The molecule has 1 rings (SSSR count). The first-order valence-electron chi connectivity index (χ1n) is 7.13. The largest absolute Gasteiger partial charge is 0.396 e. The summed E-state index contributed by atoms with van der Waals surface area (Å²) in [7, 11) is 0. The fourth-order valence-corrected chi connectivity index (χ4v) is 2.79. The fraction of sp³-hybridized carbons (Fsp3) is 0.467. The van der Waals surface area contributed by atoms with Crippen molar-refractivity contribution >= 4 is 46.8 Å². The van der Waals surface area contributed by atoms with Crippen LogP contribution in [0.3, 0.4) is 0 Å². The standard InChI is InChI=1S/C15H20Cl2N2O3S/c1-23-8-5-13(15(22)18-6-2-7-20)19-14(21)11-4-3-10(16)9-12(11)17/h3-4,9,13,20H,2,5-8H2,1H3,(H,18,22)(H,19,21). The van der Waals surface area contributed by atoms with Crippen molar-refractivity contribution in [3.8, 4) is 0 Å². The molecule has 0 heterocycles. The van der Waals surface area contributed by atoms with Gasteiger partial charge in [-0.1, -0.05) is 23.2 Å². The number of thioether (sulfide) groups is 1. The summed E-state index contributed by atoms with van der Waals surface area (Å²) in [5.74, 6) is 0.0354. The zero-order chi connectivity index (χ0) is 17.2. The molecule has 0 saturated heterocycles. The average Bonchev–Trinajstić information content (AvgIpc) is 2.51. The smallest absolute Gasteiger partial charge is 0.253 e. The Balaban J connectivity index is 2.74. The van der Waals surface area contributed by atoms with Gasteiger partial charge in [-0.15, -0.1) is 0 Å². The molecule has 1 aromatic rings. The molecule has 128 valence electrons. The Morgan fingerprint density at radius 2 is 2.09 bits per heavy atom. The topological polar surface area (TPSA) is 78.4 Å². The van der Waals surface area contributed by atoms with E-state index in [0.29, 0.717) is 24.4 Å². The van der Waals surface area contributed by atoms with Gasteiger partial charge in [0.05, 0.1) is 10.6 Å². The number of rotatable bonds is 9. The number of aliphatic hydroxyl groups is 1. The maximum absolute atomic E-state index is 12.3. The summed E-state index contributed by atoms with van der Waals surface area (Å²) >= 11 is 13.4. The van der Waals surface area contributed by atoms with E-state index in [1.54, 1.807) is 17.8 Å². The second kappa shape index (κ2) is 10.8. The molecule has 0 radical (unpaired) electrons. The molecule has 0 spiro atoms. The lowest BCUT2D eigenvalue weighted by Gasteiger charge is -2.18. The van der Waals surface area contributed by atoms with Crippen molar-refractivity contribution in [3.05, 3.63) is 33.8 Å². The van der Waals surface area contributed by atoms with Crippen molar-refractivity contribution in [1.29, 1.82) is 0 Å². The summed E-state index contributed by atoms with van der Waals surface area (Å²) in [6, 6.07) is 3.92. The molecular weight excluding hydrogens is 359 g/mol. The number of nitrogens with one attached hydrogen (secondary N) is 2. The number of carbonyl (C=O) groups is 2. The van der Waals surface area contributed by atoms with Crippen molar-refractivity contribution in [1.82, 2.24) is 10.6 Å². The highest BCUT2D eigenvalue weighted by atomic mass is 35.5. The first-order valence-corrected chi connectivity index (χ1v) is 9.28. The van der Waals surface area contributed by atoms with Gasteiger partial charge < -0.3 is 15.7 Å². The lowest BCUT2D eigenvalue weighted by molar-refractivity contribution is -0.123. The number of hydrogen-bond acceptors (Lipinski definition) is 4. The molecule has 0 aliphatic carbocycles. The zero-order valence-corrected chi connectivity index (χ0v) is 15.1. The minimum Gasteiger partial charge on any atom is -0.396 e. The Morgan fingerprint density at radius 3 is 2.70 bits per heavy atom. The number of hydrogen-bond donors (Lipinski definition) is 3. The Bertz CT molecular complexity index is 543. The molecule has 1 aromatic carbocycles. The van der Waals surface area contributed by atoms with Crippen LogP contribution in [0.25, 0.3) is 0 Å². The average molecular weight is 379 g/mol. The van der Waals surface area contributed by atoms with E-state index >= 15 is 0 Å². The summed E-state index contributed by atoms with van der Waals surface area (Å²) in [5.41, 5.74) is 0.272. The predicted molar refractivity (Wildman–Crippen MR) is 95.4 cm³/mol. The first-order chi connectivity index (χ1) is 11.0. The maximum Gasteiger partial charge on any atom is 0.253 e. The van der Waals surface area contributed by atoms with Crippen LogP contribution in [0, 0.1) is 0 Å². The molecular formula is C15H20Cl2N2O3S. The van der Waals surface area contributed by atoms with Gasteiger partial charge in [-0.2, -0.15) is 11.8 Å². The summed E-state index contributed by atoms with van der Waals surface area (Å²) in [5, 5.41) is 14.8. The van der Waals surface area contributed by atoms with Gasteiger partial charge in [0.1, 0.15) is 6.04 Å². The molecule has 0 aliphatic heterocycles. The second-order valence-corrected chi connectivity index (χ2v) is 6.63. The third kappa shape index (κ3) is 6.99. The van der Waals surface area contributed by atoms with Gasteiger partial charge in [-0.3, -0.25) is 9.59 Å². The predicted octanol–water partition coefficient (Wildman–Crippen LogP) is 2.34. The highest BCUT2D eigenvalue weighted by Crippen LogP contribution is 2.21. The molecule has 8 heteroatoms. The number of benzene rings is 1. The molecule has 2 amide bonds. The van der Waals surface area contributed by atoms with Crippen molar-refractivity contribution in [2.75, 3.05) is 25.2 Å². The Kier molecular flexibility index (Phi) is 9.40. The van der Waals surface area contributed by atoms with Crippen molar-refractivity contribution in [2.24, 2.45) is 0 Å². The van der Waals surface area contributed by atoms with E-state index in [-0.39, 0.29) is 23.1 Å². The second-order valence-electron chi connectivity index (χ2n) is 4.80. The highest BCUT2D eigenvalue weighted by Gasteiger charge is 2.21. The van der Waals surface area contributed by atoms with Crippen molar-refractivity contribution in [3.63, 3.8) is 0 Å². The maximum atomic E-state index is 12.3. The molecule has 0 bridgehead atoms. The third-order valence-electron chi connectivity index (χ3n) is 3.04. The van der Waals surface area contributed by atoms with Crippen LogP contribution in [0.4, 0.5) is 0 Å². The van der Waals surface area contributed by atoms with Crippen molar-refractivity contribution in [2.45, 2.75) is 18.9 Å². The monoisotopic (exact) mass is 378 g/mol. The molecule has 23 heavy (non-hydrogen) atoms. The normalized spacial score (nSPS) is 11.8. The van der Waals surface area contributed by atoms with Crippen LogP contribution in [-0.4, -0.2) is 48.1 Å². The van der Waals surface area contributed by atoms with Gasteiger partial charge in [-0.25, -0.2) is 0 Å². The van der Waals surface area contributed by atoms with E-state index in [2.05, 4.69) is 10.6 Å². The SMILES string of the molecule is CSCCC(NC(=O)c1ccc(Cl)cc1Cl)C(=O)NCCCO. The quantitative estimate of drug-likeness (QED) is 0.576. The van der Waals surface area contributed by atoms with Crippen LogP contribution in [0.15, 0.2) is 18.2 Å². The van der Waals surface area contributed by atoms with E-state index in [1.807, 2.05) is 6.26 Å². The van der Waals surface area contributed by atoms with Crippen LogP contribution in [-0.2, 0) is 4.79 Å². The fourth-order valence-electron chi connectivity index (χ4n) is 1.83. The Hall–Kier alpha value is -0.950. The summed E-state index contributed by atoms with van der Waals surface area (Å²) in [4.78, 5) is 24.5. The van der Waals surface area contributed by atoms with Crippen LogP contribution in [0.5, 0.6) is 0 Å². The lowest BCUT2D eigenvalue weighted by atomic mass is 10.1. The van der Waals surface area contributed by atoms with Gasteiger partial charge in [-0.05, 0) is 43.0 Å². The van der Waals surface area contributed by atoms with Gasteiger partial charge in [0, 0.05) is 18.2 Å². The lowest BCUT2D eigenvalue weighted by Crippen LogP contribution is -2.47. The van der Waals surface area contributed by atoms with Crippen molar-refractivity contribution < 1.29 is 14.7 Å². The van der Waals surface area contributed by atoms with E-state index < -0.39 is 11.9 Å². The van der Waals surface area contributed by atoms with Gasteiger partial charge in [0.15, 0.2) is 0 Å². The van der Waals surface area contributed by atoms with Crippen LogP contribution < -0.4 is 10.6 Å². The zero-order valence-electron chi connectivity index (χ0n) is 12.8. The van der Waals surface area contributed by atoms with Crippen LogP contribution in [0.2, 0.25) is 10.0 Å². The summed E-state index contributed by atoms with van der Waals surface area (Å²) < 4.78 is 0. The van der Waals surface area contributed by atoms with Gasteiger partial charge >= 0.3 is 0 Å². The van der Waals surface area contributed by atoms with E-state index in [9.17, 15) is 9.59 Å². The number of carbonyl (C=O) groups excluding carboxylic acids is 2. The summed E-state index contributed by atoms with van der Waals surface area (Å²) in [6.07, 6.45) is 2.90. The highest BCUT2D eigenvalue weighted by molar-refractivity contribution is 7.98. The molecule has 3 N–H and O–H groups in total. The van der Waals surface area contributed by atoms with E-state index in [4.69, 9.17) is 28.3 Å². The molecule has 1 unspecified atom stereocenters. The van der Waals surface area contributed by atoms with Crippen LogP contribution >= 0.6 is 35.0 Å². The van der Waals surface area contributed by atoms with Gasteiger partial charge in [0.25, 0.3) is 5.91 Å². The molecule has 0 aromatic heterocycles. The minimum absolute atomic E-state index is 0.00248. The molecule has 0 saturated carbocycles. The Labute approximate surface area is 150 Å². The Morgan fingerprint density at radius 1 is 1.35 bits per heavy atom. The minimum atomic E-state index is -0.652. The molecule has 5 nitrogen and oxygen atoms in total. The molecule has 1 atom stereocenters. The molecule has 0 fully saturated rings. The van der Waals surface area contributed by atoms with E-state index in [1.165, 1.54) is 12.1 Å². The number of aliphatic hydroxyl groups excluding tert-OH is 1. The number of amides is 2. The molecule has 0 aliphatic rings. The first kappa shape index (κ1) is 20.1. The van der Waals surface area contributed by atoms with Gasteiger partial charge in [0.2, 0.25) is 5.91 Å². The summed E-state index contributed by atoms with van der Waals surface area (Å²) in [6.45, 7) is 0.366. The van der Waals surface area contributed by atoms with Crippen LogP contribution in [0.1, 0.15) is 23.2 Å². The number of halogens is 2. The van der Waals surface area contributed by atoms with E-state index in [0.717, 1.165) is 5.75 Å².